The Labute approximate surface area is 171 Å². The molecule has 4 heterocycles. The van der Waals surface area contributed by atoms with Gasteiger partial charge in [0.15, 0.2) is 6.23 Å². The fourth-order valence-electron chi connectivity index (χ4n) is 3.56. The van der Waals surface area contributed by atoms with Crippen molar-refractivity contribution >= 4 is 34.2 Å². The second-order valence-corrected chi connectivity index (χ2v) is 7.80. The van der Waals surface area contributed by atoms with Crippen molar-refractivity contribution in [1.29, 1.82) is 0 Å². The molecule has 9 heteroatoms. The molecule has 0 bridgehead atoms. The first-order valence-electron chi connectivity index (χ1n) is 9.10. The van der Waals surface area contributed by atoms with Gasteiger partial charge in [-0.25, -0.2) is 9.98 Å². The minimum absolute atomic E-state index is 0.0290. The third-order valence-corrected chi connectivity index (χ3v) is 6.22. The maximum atomic E-state index is 10.9. The van der Waals surface area contributed by atoms with Crippen molar-refractivity contribution in [3.05, 3.63) is 39.4 Å². The highest BCUT2D eigenvalue weighted by molar-refractivity contribution is 14.1. The van der Waals surface area contributed by atoms with Gasteiger partial charge in [0.1, 0.15) is 23.6 Å². The first-order chi connectivity index (χ1) is 13.1. The monoisotopic (exact) mass is 482 g/mol. The number of hydrogen-bond donors (Lipinski definition) is 5. The van der Waals surface area contributed by atoms with E-state index >= 15 is 0 Å². The summed E-state index contributed by atoms with van der Waals surface area (Å²) >= 11 is 2.10. The minimum Gasteiger partial charge on any atom is -0.507 e. The van der Waals surface area contributed by atoms with Crippen LogP contribution in [0.25, 0.3) is 0 Å². The number of hydrogen-bond acceptors (Lipinski definition) is 8. The Morgan fingerprint density at radius 2 is 2.26 bits per heavy atom. The lowest BCUT2D eigenvalue weighted by molar-refractivity contribution is 0.176. The third-order valence-electron chi connectivity index (χ3n) is 5.05. The molecule has 4 rings (SSSR count). The number of nitrogens with one attached hydrogen (secondary N) is 3. The van der Waals surface area contributed by atoms with Crippen LogP contribution in [0.3, 0.4) is 0 Å². The van der Waals surface area contributed by atoms with E-state index in [9.17, 15) is 10.2 Å². The fourth-order valence-corrected chi connectivity index (χ4v) is 4.22. The van der Waals surface area contributed by atoms with Crippen LogP contribution in [0.5, 0.6) is 5.75 Å². The van der Waals surface area contributed by atoms with Gasteiger partial charge in [-0.15, -0.1) is 0 Å². The number of aromatic hydroxyl groups is 1. The van der Waals surface area contributed by atoms with E-state index in [1.54, 1.807) is 12.3 Å². The number of nitrogens with zero attached hydrogens (tertiary/aromatic N) is 3. The number of aryl methyl sites for hydroxylation is 1. The summed E-state index contributed by atoms with van der Waals surface area (Å²) in [4.78, 5) is 11.0. The predicted octanol–water partition coefficient (Wildman–Crippen LogP) is 0.770. The summed E-state index contributed by atoms with van der Waals surface area (Å²) in [6.07, 6.45) is 6.33. The number of aliphatic hydroxyl groups excluding tert-OH is 1. The molecule has 1 fully saturated rings. The van der Waals surface area contributed by atoms with Gasteiger partial charge in [-0.3, -0.25) is 5.32 Å². The van der Waals surface area contributed by atoms with Crippen molar-refractivity contribution in [1.82, 2.24) is 20.9 Å². The number of aliphatic hydroxyl groups is 1. The molecule has 3 unspecified atom stereocenters. The van der Waals surface area contributed by atoms with Crippen LogP contribution >= 0.6 is 22.6 Å². The lowest BCUT2D eigenvalue weighted by Gasteiger charge is -2.42. The first kappa shape index (κ1) is 18.5. The highest BCUT2D eigenvalue weighted by atomic mass is 127. The lowest BCUT2D eigenvalue weighted by atomic mass is 9.96. The summed E-state index contributed by atoms with van der Waals surface area (Å²) in [5, 5.41) is 31.1. The number of halogens is 1. The molecule has 3 aliphatic rings. The molecule has 3 aliphatic heterocycles. The van der Waals surface area contributed by atoms with Crippen LogP contribution in [0.1, 0.15) is 19.0 Å². The van der Waals surface area contributed by atoms with Crippen LogP contribution in [0.4, 0.5) is 5.82 Å². The molecule has 0 amide bonds. The van der Waals surface area contributed by atoms with Gasteiger partial charge in [-0.1, -0.05) is 13.0 Å². The molecule has 5 N–H and O–H groups in total. The molecule has 0 aliphatic carbocycles. The van der Waals surface area contributed by atoms with Gasteiger partial charge < -0.3 is 25.7 Å². The zero-order valence-electron chi connectivity index (χ0n) is 15.0. The Balaban J connectivity index is 1.58. The molecule has 0 aromatic carbocycles. The number of anilines is 1. The maximum absolute atomic E-state index is 10.9. The largest absolute Gasteiger partial charge is 0.507 e. The van der Waals surface area contributed by atoms with Gasteiger partial charge in [0, 0.05) is 30.9 Å². The topological polar surface area (TPSA) is 105 Å². The van der Waals surface area contributed by atoms with E-state index in [0.717, 1.165) is 40.1 Å². The number of rotatable bonds is 3. The summed E-state index contributed by atoms with van der Waals surface area (Å²) in [6, 6.07) is 1.65. The van der Waals surface area contributed by atoms with Crippen LogP contribution in [-0.4, -0.2) is 52.6 Å². The van der Waals surface area contributed by atoms with Crippen LogP contribution in [0.15, 0.2) is 35.1 Å². The van der Waals surface area contributed by atoms with Gasteiger partial charge in [-0.2, -0.15) is 0 Å². The number of aliphatic imine (C=N–C) groups is 1. The van der Waals surface area contributed by atoms with Crippen molar-refractivity contribution < 1.29 is 10.2 Å². The normalized spacial score (nSPS) is 27.2. The fraction of sp³-hybridized carbons (Fsp3) is 0.444. The zero-order chi connectivity index (χ0) is 19.0. The molecule has 27 heavy (non-hydrogen) atoms. The van der Waals surface area contributed by atoms with E-state index in [1.807, 2.05) is 24.1 Å². The van der Waals surface area contributed by atoms with Crippen molar-refractivity contribution in [2.24, 2.45) is 4.99 Å². The van der Waals surface area contributed by atoms with Gasteiger partial charge in [0.05, 0.1) is 15.3 Å². The molecule has 0 radical (unpaired) electrons. The maximum Gasteiger partial charge on any atom is 0.154 e. The lowest BCUT2D eigenvalue weighted by Crippen LogP contribution is -2.60. The van der Waals surface area contributed by atoms with E-state index < -0.39 is 6.23 Å². The smallest absolute Gasteiger partial charge is 0.154 e. The number of piperidine rings is 1. The molecule has 1 aromatic rings. The van der Waals surface area contributed by atoms with Gasteiger partial charge in [0.2, 0.25) is 0 Å². The Kier molecular flexibility index (Phi) is 5.24. The molecule has 0 saturated carbocycles. The molecule has 1 aromatic heterocycles. The summed E-state index contributed by atoms with van der Waals surface area (Å²) in [7, 11) is 0. The van der Waals surface area contributed by atoms with E-state index in [0.29, 0.717) is 12.4 Å². The molecular formula is C18H23IN6O2. The van der Waals surface area contributed by atoms with Crippen LogP contribution < -0.4 is 20.9 Å². The molecule has 3 atom stereocenters. The number of pyridine rings is 1. The molecular weight excluding hydrogens is 459 g/mol. The van der Waals surface area contributed by atoms with Crippen molar-refractivity contribution in [2.45, 2.75) is 38.2 Å². The average molecular weight is 482 g/mol. The highest BCUT2D eigenvalue weighted by Crippen LogP contribution is 2.32. The third kappa shape index (κ3) is 3.50. The Morgan fingerprint density at radius 3 is 3.00 bits per heavy atom. The van der Waals surface area contributed by atoms with Gasteiger partial charge in [0.25, 0.3) is 0 Å². The predicted molar refractivity (Wildman–Crippen MR) is 112 cm³/mol. The van der Waals surface area contributed by atoms with Crippen LogP contribution in [0, 0.1) is 3.57 Å². The van der Waals surface area contributed by atoms with E-state index in [-0.39, 0.29) is 18.0 Å². The quantitative estimate of drug-likeness (QED) is 0.406. The molecule has 1 saturated heterocycles. The zero-order valence-corrected chi connectivity index (χ0v) is 17.1. The summed E-state index contributed by atoms with van der Waals surface area (Å²) in [6.45, 7) is 3.42. The van der Waals surface area contributed by atoms with E-state index in [4.69, 9.17) is 0 Å². The van der Waals surface area contributed by atoms with Gasteiger partial charge >= 0.3 is 0 Å². The number of amidine groups is 1. The standard InChI is InChI=1S/C18H23IN6O2/c1-2-11-15(19)13(26)8-14(23-11)25-7-4-12-10(18(25)27)9-22-17(24-12)16-20-5-3-6-21-16/h3,5,8-9,12,16,18,20-21,27H,2,4,6-7H2,1H3,(H,22,24)(H,23,26). The Bertz CT molecular complexity index is 824. The minimum atomic E-state index is -0.828. The number of fused-ring (bicyclic) bond motifs is 1. The van der Waals surface area contributed by atoms with Crippen molar-refractivity contribution in [2.75, 3.05) is 18.0 Å². The SMILES string of the molecule is CCc1nc(N2CCC3NC(C4NC=CCN4)=NC=C3C2O)cc(O)c1I. The Morgan fingerprint density at radius 1 is 1.41 bits per heavy atom. The summed E-state index contributed by atoms with van der Waals surface area (Å²) in [5.41, 5.74) is 1.65. The first-order valence-corrected chi connectivity index (χ1v) is 10.2. The molecule has 144 valence electrons. The summed E-state index contributed by atoms with van der Waals surface area (Å²) in [5.74, 6) is 1.62. The Hall–Kier alpha value is -1.85. The van der Waals surface area contributed by atoms with Gasteiger partial charge in [-0.05, 0) is 41.6 Å². The molecule has 8 nitrogen and oxygen atoms in total. The van der Waals surface area contributed by atoms with Crippen LogP contribution in [0.2, 0.25) is 0 Å². The number of aromatic nitrogens is 1. The second kappa shape index (κ2) is 7.64. The average Bonchev–Trinajstić information content (AvgIpc) is 2.70. The highest BCUT2D eigenvalue weighted by Gasteiger charge is 2.36. The second-order valence-electron chi connectivity index (χ2n) is 6.72. The van der Waals surface area contributed by atoms with Crippen LogP contribution in [-0.2, 0) is 6.42 Å². The summed E-state index contributed by atoms with van der Waals surface area (Å²) < 4.78 is 0.762. The van der Waals surface area contributed by atoms with E-state index in [2.05, 4.69) is 48.5 Å². The van der Waals surface area contributed by atoms with Crippen molar-refractivity contribution in [3.63, 3.8) is 0 Å². The molecule has 0 spiro atoms. The van der Waals surface area contributed by atoms with Crippen molar-refractivity contribution in [3.8, 4) is 5.75 Å². The van der Waals surface area contributed by atoms with E-state index in [1.165, 1.54) is 0 Å².